The monoisotopic (exact) mass is 202 g/mol. The Morgan fingerprint density at radius 1 is 1.31 bits per heavy atom. The van der Waals surface area contributed by atoms with E-state index in [1.54, 1.807) is 0 Å². The molecule has 0 aromatic heterocycles. The molecule has 5 heteroatoms. The average Bonchev–Trinajstić information content (AvgIpc) is 2.37. The zero-order valence-corrected chi connectivity index (χ0v) is 7.79. The second-order valence-corrected chi connectivity index (χ2v) is 6.38. The summed E-state index contributed by atoms with van der Waals surface area (Å²) in [6, 6.07) is 0. The summed E-state index contributed by atoms with van der Waals surface area (Å²) in [6.45, 7) is 0.323. The molecule has 0 spiro atoms. The topological polar surface area (TPSA) is 60.4 Å². The summed E-state index contributed by atoms with van der Waals surface area (Å²) in [6.07, 6.45) is 0.656. The van der Waals surface area contributed by atoms with Gasteiger partial charge in [-0.2, -0.15) is 0 Å². The summed E-state index contributed by atoms with van der Waals surface area (Å²) in [5, 5.41) is -0.260. The van der Waals surface area contributed by atoms with Gasteiger partial charge in [0.2, 0.25) is 0 Å². The highest BCUT2D eigenvalue weighted by molar-refractivity contribution is 7.92. The molecule has 0 unspecified atom stereocenters. The third-order valence-corrected chi connectivity index (χ3v) is 5.94. The van der Waals surface area contributed by atoms with E-state index >= 15 is 0 Å². The van der Waals surface area contributed by atoms with Gasteiger partial charge >= 0.3 is 5.97 Å². The summed E-state index contributed by atoms with van der Waals surface area (Å²) in [4.78, 5) is 11.2. The summed E-state index contributed by atoms with van der Waals surface area (Å²) in [5.74, 6) is 0.0448. The van der Waals surface area contributed by atoms with Crippen LogP contribution in [-0.4, -0.2) is 32.0 Å². The predicted octanol–water partition coefficient (Wildman–Crippen LogP) is -0.407. The lowest BCUT2D eigenvalue weighted by Gasteiger charge is -2.39. The van der Waals surface area contributed by atoms with Crippen molar-refractivity contribution < 1.29 is 17.9 Å². The molecular formula is C8H10O4S. The number of hydrogen-bond acceptors (Lipinski definition) is 4. The van der Waals surface area contributed by atoms with Gasteiger partial charge in [-0.15, -0.1) is 0 Å². The van der Waals surface area contributed by atoms with Crippen molar-refractivity contribution in [3.63, 3.8) is 0 Å². The standard InChI is InChI=1S/C8H10O4S/c9-8-6-4-1-2-13(10,11)7(4)5(6)3-12-8/h4-7H,1-3H2/t4-,5-,6-,7-/m1/s1. The molecule has 1 saturated carbocycles. The number of carbonyl (C=O) groups is 1. The Kier molecular flexibility index (Phi) is 1.25. The van der Waals surface area contributed by atoms with Crippen molar-refractivity contribution in [2.45, 2.75) is 11.7 Å². The Morgan fingerprint density at radius 2 is 2.08 bits per heavy atom. The molecule has 0 aromatic rings. The van der Waals surface area contributed by atoms with Crippen LogP contribution in [0.2, 0.25) is 0 Å². The minimum Gasteiger partial charge on any atom is -0.465 e. The molecule has 2 heterocycles. The molecule has 0 radical (unpaired) electrons. The molecule has 13 heavy (non-hydrogen) atoms. The smallest absolute Gasteiger partial charge is 0.309 e. The summed E-state index contributed by atoms with van der Waals surface area (Å²) < 4.78 is 27.9. The maximum Gasteiger partial charge on any atom is 0.309 e. The molecule has 0 bridgehead atoms. The normalized spacial score (nSPS) is 50.6. The van der Waals surface area contributed by atoms with Crippen molar-refractivity contribution in [3.8, 4) is 0 Å². The third-order valence-electron chi connectivity index (χ3n) is 3.61. The second kappa shape index (κ2) is 2.08. The first kappa shape index (κ1) is 7.79. The van der Waals surface area contributed by atoms with Crippen LogP contribution in [0.1, 0.15) is 6.42 Å². The summed E-state index contributed by atoms with van der Waals surface area (Å²) >= 11 is 0. The van der Waals surface area contributed by atoms with Gasteiger partial charge in [0.1, 0.15) is 0 Å². The molecular weight excluding hydrogens is 192 g/mol. The van der Waals surface area contributed by atoms with Gasteiger partial charge in [-0.25, -0.2) is 8.42 Å². The van der Waals surface area contributed by atoms with Crippen LogP contribution in [0.3, 0.4) is 0 Å². The first-order valence-electron chi connectivity index (χ1n) is 4.49. The van der Waals surface area contributed by atoms with Crippen molar-refractivity contribution >= 4 is 15.8 Å². The largest absolute Gasteiger partial charge is 0.465 e. The number of ether oxygens (including phenoxy) is 1. The summed E-state index contributed by atoms with van der Waals surface area (Å²) in [5.41, 5.74) is 0. The van der Waals surface area contributed by atoms with Gasteiger partial charge in [-0.1, -0.05) is 0 Å². The zero-order valence-electron chi connectivity index (χ0n) is 6.97. The quantitative estimate of drug-likeness (QED) is 0.501. The van der Waals surface area contributed by atoms with E-state index in [9.17, 15) is 13.2 Å². The van der Waals surface area contributed by atoms with Crippen LogP contribution in [0.5, 0.6) is 0 Å². The van der Waals surface area contributed by atoms with Crippen LogP contribution in [0.15, 0.2) is 0 Å². The molecule has 4 atom stereocenters. The number of cyclic esters (lactones) is 1. The fourth-order valence-electron chi connectivity index (χ4n) is 3.03. The highest BCUT2D eigenvalue weighted by atomic mass is 32.2. The summed E-state index contributed by atoms with van der Waals surface area (Å²) in [7, 11) is -2.90. The maximum atomic E-state index is 11.5. The Balaban J connectivity index is 1.99. The predicted molar refractivity (Wildman–Crippen MR) is 43.6 cm³/mol. The Morgan fingerprint density at radius 3 is 2.85 bits per heavy atom. The molecule has 0 N–H and O–H groups in total. The van der Waals surface area contributed by atoms with Crippen LogP contribution >= 0.6 is 0 Å². The number of sulfone groups is 1. The molecule has 0 amide bonds. The Bertz CT molecular complexity index is 366. The van der Waals surface area contributed by atoms with E-state index in [0.29, 0.717) is 13.0 Å². The second-order valence-electron chi connectivity index (χ2n) is 4.10. The van der Waals surface area contributed by atoms with Crippen LogP contribution in [0.4, 0.5) is 0 Å². The molecule has 2 aliphatic heterocycles. The molecule has 1 aliphatic carbocycles. The molecule has 4 nitrogen and oxygen atoms in total. The number of rotatable bonds is 0. The van der Waals surface area contributed by atoms with E-state index in [2.05, 4.69) is 0 Å². The highest BCUT2D eigenvalue weighted by Crippen LogP contribution is 2.54. The van der Waals surface area contributed by atoms with Gasteiger partial charge in [-0.05, 0) is 12.3 Å². The van der Waals surface area contributed by atoms with Gasteiger partial charge in [-0.3, -0.25) is 4.79 Å². The molecule has 3 rings (SSSR count). The van der Waals surface area contributed by atoms with Gasteiger partial charge in [0, 0.05) is 5.92 Å². The fraction of sp³-hybridized carbons (Fsp3) is 0.875. The van der Waals surface area contributed by atoms with Crippen LogP contribution in [0.25, 0.3) is 0 Å². The molecule has 3 fully saturated rings. The molecule has 3 aliphatic rings. The fourth-order valence-corrected chi connectivity index (χ4v) is 5.53. The maximum absolute atomic E-state index is 11.5. The molecule has 72 valence electrons. The highest BCUT2D eigenvalue weighted by Gasteiger charge is 2.65. The molecule has 0 aromatic carbocycles. The zero-order chi connectivity index (χ0) is 9.22. The van der Waals surface area contributed by atoms with E-state index < -0.39 is 9.84 Å². The Labute approximate surface area is 76.2 Å². The third kappa shape index (κ3) is 0.764. The van der Waals surface area contributed by atoms with E-state index in [1.807, 2.05) is 0 Å². The van der Waals surface area contributed by atoms with Crippen LogP contribution in [-0.2, 0) is 19.4 Å². The number of esters is 1. The Hall–Kier alpha value is -0.580. The van der Waals surface area contributed by atoms with Crippen molar-refractivity contribution in [2.24, 2.45) is 17.8 Å². The van der Waals surface area contributed by atoms with Gasteiger partial charge in [0.15, 0.2) is 9.84 Å². The first-order valence-corrected chi connectivity index (χ1v) is 6.21. The van der Waals surface area contributed by atoms with Crippen molar-refractivity contribution in [3.05, 3.63) is 0 Å². The van der Waals surface area contributed by atoms with Crippen LogP contribution < -0.4 is 0 Å². The van der Waals surface area contributed by atoms with E-state index in [-0.39, 0.29) is 34.7 Å². The first-order chi connectivity index (χ1) is 6.11. The van der Waals surface area contributed by atoms with E-state index in [0.717, 1.165) is 0 Å². The lowest BCUT2D eigenvalue weighted by atomic mass is 9.65. The van der Waals surface area contributed by atoms with Gasteiger partial charge < -0.3 is 4.74 Å². The van der Waals surface area contributed by atoms with Crippen molar-refractivity contribution in [1.29, 1.82) is 0 Å². The minimum absolute atomic E-state index is 0.0231. The lowest BCUT2D eigenvalue weighted by molar-refractivity contribution is -0.143. The van der Waals surface area contributed by atoms with E-state index in [1.165, 1.54) is 0 Å². The lowest BCUT2D eigenvalue weighted by Crippen LogP contribution is -2.51. The number of fused-ring (bicyclic) bond motifs is 4. The average molecular weight is 202 g/mol. The van der Waals surface area contributed by atoms with Crippen molar-refractivity contribution in [1.82, 2.24) is 0 Å². The number of hydrogen-bond donors (Lipinski definition) is 0. The van der Waals surface area contributed by atoms with Gasteiger partial charge in [0.05, 0.1) is 23.5 Å². The minimum atomic E-state index is -2.90. The van der Waals surface area contributed by atoms with Gasteiger partial charge in [0.25, 0.3) is 0 Å². The van der Waals surface area contributed by atoms with Crippen LogP contribution in [0, 0.1) is 17.8 Å². The SMILES string of the molecule is O=C1OC[C@@H]2[C@H]1[C@H]1CCS(=O)(=O)[C@H]12. The molecule has 2 saturated heterocycles. The van der Waals surface area contributed by atoms with Crippen molar-refractivity contribution in [2.75, 3.05) is 12.4 Å². The van der Waals surface area contributed by atoms with E-state index in [4.69, 9.17) is 4.74 Å². The number of carbonyl (C=O) groups excluding carboxylic acids is 1.